The zero-order chi connectivity index (χ0) is 90.7. The highest BCUT2D eigenvalue weighted by Gasteiger charge is 2.52. The van der Waals surface area contributed by atoms with Gasteiger partial charge in [0.25, 0.3) is 0 Å². The summed E-state index contributed by atoms with van der Waals surface area (Å²) in [6.07, 6.45) is -24.1. The van der Waals surface area contributed by atoms with Gasteiger partial charge in [-0.2, -0.15) is 4.98 Å². The van der Waals surface area contributed by atoms with Crippen molar-refractivity contribution >= 4 is 82.2 Å². The molecule has 0 saturated carbocycles. The van der Waals surface area contributed by atoms with Gasteiger partial charge in [0.1, 0.15) is 101 Å². The first-order chi connectivity index (χ1) is 59.1. The molecule has 18 atom stereocenters. The summed E-state index contributed by atoms with van der Waals surface area (Å²) in [7, 11) is 1.45. The molecule has 11 bridgehead atoms. The molecule has 2 unspecified atom stereocenters. The van der Waals surface area contributed by atoms with Crippen molar-refractivity contribution in [2.45, 2.75) is 176 Å². The number of nitrogens with one attached hydrogen (secondary N) is 9. The van der Waals surface area contributed by atoms with E-state index in [4.69, 9.17) is 57.4 Å². The van der Waals surface area contributed by atoms with Crippen molar-refractivity contribution in [3.05, 3.63) is 169 Å². The number of halogens is 5. The zero-order valence-electron chi connectivity index (χ0n) is 66.6. The van der Waals surface area contributed by atoms with Crippen LogP contribution >= 0.6 is 23.2 Å². The molecular formula is C81H87Cl2F3N12O27. The lowest BCUT2D eigenvalue weighted by molar-refractivity contribution is -0.334. The van der Waals surface area contributed by atoms with Crippen LogP contribution in [0.5, 0.6) is 51.7 Å². The number of primary amides is 1. The zero-order valence-corrected chi connectivity index (χ0v) is 68.1. The number of carbonyl (C=O) groups excluding carboxylic acids is 8. The normalized spacial score (nSPS) is 26.1. The highest BCUT2D eigenvalue weighted by atomic mass is 35.5. The highest BCUT2D eigenvalue weighted by molar-refractivity contribution is 6.32. The first-order valence-electron chi connectivity index (χ1n) is 38.7. The lowest BCUT2D eigenvalue weighted by Gasteiger charge is -2.48. The largest absolute Gasteiger partial charge is 0.573 e. The van der Waals surface area contributed by atoms with E-state index in [1.165, 1.54) is 44.4 Å². The Kier molecular flexibility index (Phi) is 28.2. The molecule has 2 saturated heterocycles. The van der Waals surface area contributed by atoms with Gasteiger partial charge in [0.2, 0.25) is 59.3 Å². The Morgan fingerprint density at radius 2 is 1.38 bits per heavy atom. The molecule has 7 aliphatic rings. The van der Waals surface area contributed by atoms with Crippen LogP contribution in [-0.4, -0.2) is 219 Å². The monoisotopic (exact) mass is 1790 g/mol. The first kappa shape index (κ1) is 92.1. The summed E-state index contributed by atoms with van der Waals surface area (Å²) < 4.78 is 82.9. The fourth-order valence-electron chi connectivity index (χ4n) is 15.0. The minimum absolute atomic E-state index is 0.112. The summed E-state index contributed by atoms with van der Waals surface area (Å²) in [6, 6.07) is 4.50. The number of aliphatic hydroxyl groups excluding tert-OH is 6. The molecule has 6 aromatic carbocycles. The van der Waals surface area contributed by atoms with Crippen LogP contribution in [0, 0.1) is 5.92 Å². The smallest absolute Gasteiger partial charge is 0.508 e. The van der Waals surface area contributed by atoms with E-state index in [-0.39, 0.29) is 54.4 Å². The Hall–Kier alpha value is -12.0. The Bertz CT molecular complexity index is 5390. The van der Waals surface area contributed by atoms with Gasteiger partial charge in [-0.25, -0.2) is 9.59 Å². The number of alkyl halides is 3. The summed E-state index contributed by atoms with van der Waals surface area (Å²) in [5, 5.41) is 138. The van der Waals surface area contributed by atoms with Gasteiger partial charge in [0.15, 0.2) is 29.9 Å². The van der Waals surface area contributed by atoms with Crippen molar-refractivity contribution in [2.75, 3.05) is 25.5 Å². The van der Waals surface area contributed by atoms with Crippen LogP contribution in [0.1, 0.15) is 111 Å². The molecule has 2 fully saturated rings. The molecule has 0 radical (unpaired) electrons. The maximum Gasteiger partial charge on any atom is 0.573 e. The molecule has 7 aliphatic heterocycles. The van der Waals surface area contributed by atoms with Crippen molar-refractivity contribution in [2.24, 2.45) is 11.7 Å². The van der Waals surface area contributed by atoms with Crippen LogP contribution in [0.4, 0.5) is 19.0 Å². The predicted molar refractivity (Wildman–Crippen MR) is 427 cm³/mol. The maximum atomic E-state index is 16.2. The fourth-order valence-corrected chi connectivity index (χ4v) is 15.4. The van der Waals surface area contributed by atoms with E-state index in [2.05, 4.69) is 57.6 Å². The van der Waals surface area contributed by atoms with E-state index < -0.39 is 284 Å². The topological polar surface area (TPSA) is 590 Å². The van der Waals surface area contributed by atoms with Crippen molar-refractivity contribution in [1.82, 2.24) is 52.1 Å². The molecule has 8 heterocycles. The maximum absolute atomic E-state index is 16.2. The summed E-state index contributed by atoms with van der Waals surface area (Å²) in [4.78, 5) is 148. The Balaban J connectivity index is 0.975. The number of likely N-dealkylation sites (N-methyl/N-ethyl adjacent to an activating group) is 1. The minimum atomic E-state index is -4.99. The van der Waals surface area contributed by atoms with E-state index in [1.807, 2.05) is 0 Å². The van der Waals surface area contributed by atoms with Crippen molar-refractivity contribution in [1.29, 1.82) is 0 Å². The molecular weight excluding hydrogens is 1700 g/mol. The third-order valence-electron chi connectivity index (χ3n) is 21.3. The number of nitrogens with zero attached hydrogens (tertiary/aromatic N) is 2. The van der Waals surface area contributed by atoms with E-state index in [0.29, 0.717) is 0 Å². The van der Waals surface area contributed by atoms with Crippen LogP contribution in [-0.2, 0) is 70.3 Å². The number of aromatic hydroxyl groups is 3. The molecule has 0 aliphatic carbocycles. The number of hydrogen-bond donors (Lipinski definition) is 20. The van der Waals surface area contributed by atoms with E-state index >= 15 is 14.4 Å². The van der Waals surface area contributed by atoms with Gasteiger partial charge in [0.05, 0.1) is 47.7 Å². The van der Waals surface area contributed by atoms with Crippen LogP contribution in [0.2, 0.25) is 10.0 Å². The third kappa shape index (κ3) is 21.2. The average Bonchev–Trinajstić information content (AvgIpc) is 0.772. The number of amides is 8. The van der Waals surface area contributed by atoms with Gasteiger partial charge < -0.3 is 138 Å². The van der Waals surface area contributed by atoms with Crippen molar-refractivity contribution < 1.29 is 141 Å². The van der Waals surface area contributed by atoms with Crippen molar-refractivity contribution in [3.8, 4) is 62.9 Å². The molecule has 21 N–H and O–H groups in total. The molecule has 14 rings (SSSR count). The first-order valence-corrected chi connectivity index (χ1v) is 39.5. The number of carbonyl (C=O) groups is 9. The molecule has 668 valence electrons. The summed E-state index contributed by atoms with van der Waals surface area (Å²) in [5.41, 5.74) is 0.449. The second-order valence-electron chi connectivity index (χ2n) is 30.8. The second kappa shape index (κ2) is 38.2. The van der Waals surface area contributed by atoms with Gasteiger partial charge in [0, 0.05) is 54.0 Å². The molecule has 7 aromatic rings. The number of phenols is 3. The number of hydrogen-bond acceptors (Lipinski definition) is 29. The van der Waals surface area contributed by atoms with Gasteiger partial charge in [-0.1, -0.05) is 67.4 Å². The minimum Gasteiger partial charge on any atom is -0.508 e. The number of benzene rings is 6. The lowest BCUT2D eigenvalue weighted by atomic mass is 9.85. The van der Waals surface area contributed by atoms with Gasteiger partial charge in [-0.3, -0.25) is 42.9 Å². The lowest BCUT2D eigenvalue weighted by Crippen LogP contribution is -2.65. The van der Waals surface area contributed by atoms with Crippen LogP contribution in [0.15, 0.2) is 120 Å². The molecule has 8 amide bonds. The predicted octanol–water partition coefficient (Wildman–Crippen LogP) is 2.07. The standard InChI is InChI=1S/C81H87Cl2F3N12O27/c1-32(2)19-45(88-5)71(110)96-62-64(105)36-10-13-49(43(82)23-36)120-51-25-38-26-52(68(51)124-78-69(67(108)66(107)53(31-99)122-78)123-57-30-80(4,70(109)33(3)119-57)89-16-18-98-17-15-55(92-79(98)118)91-56(104)21-34-7-6-8-40(20-34)125-81(84,85)86)121-50-14-11-37(24-44(50)83)65(106)63-76(115)95-61(77(116)117)42-27-39(100)28-48(102)58(42)41-22-35(9-12-47(41)101)59(73(112)97-63)94-74(113)60(38)93-72(111)46(29-54(87)103)90-75(62)114/h6-15,17,20,22-28,32-33,45-46,53,57,59-67,69-70,78,88-89,99-102,105-109H,16,18-19,21,29-31H2,1-5H3,(H2,87,103)(H,90,114)(H,93,111)(H,94,113)(H,95,115)(H,96,110)(H,97,112)(H,116,117)(H,91,92,104,118)/t33-,45+,46-,53+,57-,59+,60?,61+,62+,63-,64+,65+,66+,67-,69+,70+,78?,80-/m0/s1. The molecule has 125 heavy (non-hydrogen) atoms. The van der Waals surface area contributed by atoms with E-state index in [1.54, 1.807) is 20.8 Å². The number of aliphatic carboxylic acids is 1. The number of nitrogens with two attached hydrogens (primary N) is 1. The summed E-state index contributed by atoms with van der Waals surface area (Å²) in [6.45, 7) is 5.28. The molecule has 0 spiro atoms. The summed E-state index contributed by atoms with van der Waals surface area (Å²) in [5.74, 6) is -18.3. The number of anilines is 1. The van der Waals surface area contributed by atoms with Crippen LogP contribution in [0.25, 0.3) is 11.1 Å². The van der Waals surface area contributed by atoms with Crippen LogP contribution < -0.4 is 78.2 Å². The summed E-state index contributed by atoms with van der Waals surface area (Å²) >= 11 is 14.3. The number of phenolic OH excluding ortho intramolecular Hbond substituents is 3. The van der Waals surface area contributed by atoms with Crippen LogP contribution in [0.3, 0.4) is 0 Å². The van der Waals surface area contributed by atoms with Gasteiger partial charge in [-0.05, 0) is 134 Å². The SMILES string of the molecule is CN[C@H](CC(C)C)C(=O)N[C@H]1C(=O)N[C@@H](CC(N)=O)C(=O)NC2C(=O)N[C@H]3C(=O)N[C@H](C(=O)N[C@@H](C(=O)O)c4cc(O)cc(O)c4-c4cc3ccc4O)[C@H](O)c3ccc(c(Cl)c3)Oc3cc2cc(c3OC2O[C@H](CO)[C@@H](O)[C@H](O)[C@H]2O[C@H]2C[C@](C)(NCCn3ccc(NC(=O)Cc4cccc(OC(F)(F)F)c4)nc3=O)[C@H](O)[C@H](C)O2)Oc2ccc(cc2Cl)[C@H]1O. The van der Waals surface area contributed by atoms with Gasteiger partial charge in [-0.15, -0.1) is 13.2 Å². The number of rotatable bonds is 21. The highest BCUT2D eigenvalue weighted by Crippen LogP contribution is 2.50. The third-order valence-corrected chi connectivity index (χ3v) is 21.8. The second-order valence-corrected chi connectivity index (χ2v) is 31.6. The fraction of sp³-hybridized carbons (Fsp3) is 0.395. The Morgan fingerprint density at radius 1 is 0.736 bits per heavy atom. The quantitative estimate of drug-likeness (QED) is 0.0490. The van der Waals surface area contributed by atoms with E-state index in [0.717, 1.165) is 89.5 Å². The number of aliphatic hydroxyl groups is 6. The van der Waals surface area contributed by atoms with E-state index in [9.17, 15) is 97.8 Å². The number of ether oxygens (including phenoxy) is 7. The Morgan fingerprint density at radius 3 is 2.01 bits per heavy atom. The number of carboxylic acid groups (broad SMARTS) is 1. The molecule has 39 nitrogen and oxygen atoms in total. The Labute approximate surface area is 716 Å². The number of fused-ring (bicyclic) bond motifs is 15. The number of carboxylic acids is 1. The van der Waals surface area contributed by atoms with Gasteiger partial charge >= 0.3 is 18.0 Å². The molecule has 44 heteroatoms. The average molecular weight is 1790 g/mol. The number of aromatic nitrogens is 2. The van der Waals surface area contributed by atoms with Crippen molar-refractivity contribution in [3.63, 3.8) is 0 Å². The molecule has 1 aromatic heterocycles.